The zero-order valence-electron chi connectivity index (χ0n) is 14.7. The largest absolute Gasteiger partial charge is 0.411 e. The van der Waals surface area contributed by atoms with Crippen molar-refractivity contribution < 1.29 is 5.11 Å². The molecule has 0 amide bonds. The first-order valence-electron chi connectivity index (χ1n) is 9.76. The molecule has 4 fully saturated rings. The summed E-state index contributed by atoms with van der Waals surface area (Å²) in [5.74, 6) is 3.19. The lowest BCUT2D eigenvalue weighted by Crippen LogP contribution is -2.55. The number of aliphatic hydroxyl groups excluding tert-OH is 1. The molecule has 0 bridgehead atoms. The van der Waals surface area contributed by atoms with Crippen molar-refractivity contribution in [3.05, 3.63) is 5.53 Å². The van der Waals surface area contributed by atoms with Crippen LogP contribution in [0.5, 0.6) is 0 Å². The van der Waals surface area contributed by atoms with Crippen LogP contribution in [0.2, 0.25) is 0 Å². The minimum Gasteiger partial charge on any atom is -0.411 e. The molecule has 0 aliphatic heterocycles. The second kappa shape index (κ2) is 5.44. The van der Waals surface area contributed by atoms with E-state index in [1.807, 2.05) is 0 Å². The van der Waals surface area contributed by atoms with Gasteiger partial charge in [-0.3, -0.25) is 5.22 Å². The first kappa shape index (κ1) is 15.9. The molecule has 23 heavy (non-hydrogen) atoms. The fourth-order valence-electron chi connectivity index (χ4n) is 7.43. The number of rotatable bonds is 2. The van der Waals surface area contributed by atoms with Crippen molar-refractivity contribution in [1.82, 2.24) is 5.43 Å². The van der Waals surface area contributed by atoms with Gasteiger partial charge in [0, 0.05) is 0 Å². The maximum Gasteiger partial charge on any atom is 0.0596 e. The number of aliphatic hydroxyl groups is 1. The van der Waals surface area contributed by atoms with Crippen molar-refractivity contribution in [3.63, 3.8) is 0 Å². The quantitative estimate of drug-likeness (QED) is 0.589. The van der Waals surface area contributed by atoms with Gasteiger partial charge in [-0.25, -0.2) is 0 Å². The molecule has 0 aromatic heterocycles. The van der Waals surface area contributed by atoms with Crippen molar-refractivity contribution in [3.8, 4) is 0 Å². The van der Waals surface area contributed by atoms with Gasteiger partial charge in [-0.2, -0.15) is 0 Å². The molecule has 0 aromatic rings. The van der Waals surface area contributed by atoms with Crippen LogP contribution >= 0.6 is 0 Å². The highest BCUT2D eigenvalue weighted by Gasteiger charge is 2.59. The van der Waals surface area contributed by atoms with Gasteiger partial charge in [0.1, 0.15) is 0 Å². The first-order chi connectivity index (χ1) is 11.0. The zero-order valence-corrected chi connectivity index (χ0v) is 14.7. The van der Waals surface area contributed by atoms with Crippen molar-refractivity contribution >= 4 is 0 Å². The minimum absolute atomic E-state index is 0.0647. The highest BCUT2D eigenvalue weighted by Crippen LogP contribution is 2.66. The minimum atomic E-state index is -0.0647. The maximum atomic E-state index is 10.5. The van der Waals surface area contributed by atoms with E-state index in [2.05, 4.69) is 24.5 Å². The smallest absolute Gasteiger partial charge is 0.0596 e. The van der Waals surface area contributed by atoms with Gasteiger partial charge < -0.3 is 16.1 Å². The molecule has 4 heteroatoms. The first-order valence-corrected chi connectivity index (χ1v) is 9.76. The summed E-state index contributed by atoms with van der Waals surface area (Å²) in [6, 6.07) is 0.358. The molecule has 8 atom stereocenters. The summed E-state index contributed by atoms with van der Waals surface area (Å²) < 4.78 is 0. The second-order valence-corrected chi connectivity index (χ2v) is 9.49. The monoisotopic (exact) mass is 318 g/mol. The van der Waals surface area contributed by atoms with Crippen molar-refractivity contribution in [2.24, 2.45) is 39.7 Å². The van der Waals surface area contributed by atoms with Crippen LogP contribution in [0, 0.1) is 34.5 Å². The van der Waals surface area contributed by atoms with E-state index in [0.717, 1.165) is 42.9 Å². The van der Waals surface area contributed by atoms with Gasteiger partial charge in [0.25, 0.3) is 0 Å². The summed E-state index contributed by atoms with van der Waals surface area (Å²) >= 11 is 0. The Morgan fingerprint density at radius 2 is 1.70 bits per heavy atom. The number of hydrogen-bond acceptors (Lipinski definition) is 2. The fraction of sp³-hybridized carbons (Fsp3) is 1.00. The van der Waals surface area contributed by atoms with E-state index in [1.165, 1.54) is 38.5 Å². The standard InChI is InChI=1S/C19H32N3O/c1-18-9-7-13(21-22-20)11-12(18)3-4-14-15-5-6-17(23)19(15,2)10-8-16(14)18/h12-17,23H,3-11H2,1-2H3,(H-,20,21)/q-1/t12-,13+,14-,15+,16-,17+,18-,19-/m0/s1. The Bertz CT molecular complexity index is 483. The van der Waals surface area contributed by atoms with E-state index in [-0.39, 0.29) is 11.5 Å². The third-order valence-electron chi connectivity index (χ3n) is 8.86. The van der Waals surface area contributed by atoms with E-state index in [1.54, 1.807) is 0 Å². The topological polar surface area (TPSA) is 66.9 Å². The molecule has 4 aliphatic carbocycles. The zero-order chi connectivity index (χ0) is 16.2. The van der Waals surface area contributed by atoms with E-state index < -0.39 is 0 Å². The molecular weight excluding hydrogens is 286 g/mol. The lowest BCUT2D eigenvalue weighted by Gasteiger charge is -2.61. The SMILES string of the molecule is C[C@]12CC[C@@H](NN=[N-])C[C@@H]1CC[C@H]1[C@H]3CC[C@@H](O)[C@@]3(C)CC[C@@H]12. The van der Waals surface area contributed by atoms with E-state index in [9.17, 15) is 5.11 Å². The predicted molar refractivity (Wildman–Crippen MR) is 90.4 cm³/mol. The number of hydrogen-bond donors (Lipinski definition) is 2. The van der Waals surface area contributed by atoms with Crippen LogP contribution in [-0.4, -0.2) is 17.3 Å². The van der Waals surface area contributed by atoms with E-state index in [0.29, 0.717) is 11.5 Å². The van der Waals surface area contributed by atoms with Gasteiger partial charge >= 0.3 is 0 Å². The molecule has 130 valence electrons. The van der Waals surface area contributed by atoms with E-state index >= 15 is 0 Å². The normalized spacial score (nSPS) is 55.4. The Hall–Kier alpha value is -0.640. The van der Waals surface area contributed by atoms with Crippen LogP contribution in [0.1, 0.15) is 71.6 Å². The van der Waals surface area contributed by atoms with Gasteiger partial charge in [-0.05, 0) is 98.3 Å². The van der Waals surface area contributed by atoms with Crippen LogP contribution in [0.25, 0.3) is 5.53 Å². The molecule has 0 spiro atoms. The molecule has 4 aliphatic rings. The molecule has 2 N–H and O–H groups in total. The lowest BCUT2D eigenvalue weighted by atomic mass is 9.45. The summed E-state index contributed by atoms with van der Waals surface area (Å²) in [5.41, 5.74) is 12.4. The Labute approximate surface area is 140 Å². The molecule has 0 saturated heterocycles. The molecule has 0 heterocycles. The highest BCUT2D eigenvalue weighted by molar-refractivity contribution is 5.09. The summed E-state index contributed by atoms with van der Waals surface area (Å²) in [7, 11) is 0. The van der Waals surface area contributed by atoms with Crippen LogP contribution in [0.4, 0.5) is 0 Å². The second-order valence-electron chi connectivity index (χ2n) is 9.49. The van der Waals surface area contributed by atoms with Crippen LogP contribution in [-0.2, 0) is 0 Å². The molecule has 0 radical (unpaired) electrons. The third-order valence-corrected chi connectivity index (χ3v) is 8.86. The van der Waals surface area contributed by atoms with Crippen molar-refractivity contribution in [2.45, 2.75) is 83.8 Å². The van der Waals surface area contributed by atoms with Gasteiger partial charge in [0.15, 0.2) is 0 Å². The van der Waals surface area contributed by atoms with Gasteiger partial charge in [-0.1, -0.05) is 13.8 Å². The summed E-state index contributed by atoms with van der Waals surface area (Å²) in [5, 5.41) is 13.7. The van der Waals surface area contributed by atoms with E-state index in [4.69, 9.17) is 5.53 Å². The Kier molecular flexibility index (Phi) is 3.75. The molecule has 4 rings (SSSR count). The molecular formula is C19H32N3O-. The number of fused-ring (bicyclic) bond motifs is 5. The third kappa shape index (κ3) is 2.20. The summed E-state index contributed by atoms with van der Waals surface area (Å²) in [4.78, 5) is 0. The van der Waals surface area contributed by atoms with Gasteiger partial charge in [0.05, 0.1) is 6.10 Å². The molecule has 4 saturated carbocycles. The Morgan fingerprint density at radius 3 is 2.48 bits per heavy atom. The number of nitrogens with zero attached hydrogens (tertiary/aromatic N) is 2. The van der Waals surface area contributed by atoms with Crippen LogP contribution < -0.4 is 5.43 Å². The highest BCUT2D eigenvalue weighted by atomic mass is 16.3. The van der Waals surface area contributed by atoms with Crippen LogP contribution in [0.3, 0.4) is 0 Å². The average molecular weight is 318 g/mol. The van der Waals surface area contributed by atoms with Crippen LogP contribution in [0.15, 0.2) is 5.22 Å². The molecule has 4 nitrogen and oxygen atoms in total. The van der Waals surface area contributed by atoms with Crippen molar-refractivity contribution in [1.29, 1.82) is 0 Å². The van der Waals surface area contributed by atoms with Gasteiger partial charge in [-0.15, -0.1) is 0 Å². The fourth-order valence-corrected chi connectivity index (χ4v) is 7.43. The maximum absolute atomic E-state index is 10.5. The van der Waals surface area contributed by atoms with Gasteiger partial charge in [0.2, 0.25) is 0 Å². The number of nitrogens with one attached hydrogen (secondary N) is 1. The average Bonchev–Trinajstić information content (AvgIpc) is 2.84. The molecule has 0 unspecified atom stereocenters. The molecule has 0 aromatic carbocycles. The Morgan fingerprint density at radius 1 is 0.957 bits per heavy atom. The predicted octanol–water partition coefficient (Wildman–Crippen LogP) is 4.28. The summed E-state index contributed by atoms with van der Waals surface area (Å²) in [6.07, 6.45) is 11.0. The Balaban J connectivity index is 1.56. The summed E-state index contributed by atoms with van der Waals surface area (Å²) in [6.45, 7) is 4.92. The van der Waals surface area contributed by atoms with Crippen molar-refractivity contribution in [2.75, 3.05) is 0 Å². The lowest BCUT2D eigenvalue weighted by molar-refractivity contribution is -0.123.